The molecule has 2 rings (SSSR count). The summed E-state index contributed by atoms with van der Waals surface area (Å²) in [5.74, 6) is 0.0154. The normalized spacial score (nSPS) is 10.9. The molecule has 18 heavy (non-hydrogen) atoms. The van der Waals surface area contributed by atoms with Gasteiger partial charge in [-0.05, 0) is 29.5 Å². The van der Waals surface area contributed by atoms with Crippen LogP contribution in [0.1, 0.15) is 18.9 Å². The standard InChI is InChI=1S/C15H16N2O/c1-12(18)17-8-3-2-4-13-5-6-15-11-16-9-7-14(15)10-13/h2,4-7,9-11H,3,8H2,1H3,(H,17,18). The number of hydrogen-bond acceptors (Lipinski definition) is 2. The van der Waals surface area contributed by atoms with Crippen LogP contribution in [0.15, 0.2) is 42.7 Å². The zero-order valence-corrected chi connectivity index (χ0v) is 10.4. The molecule has 0 saturated heterocycles. The van der Waals surface area contributed by atoms with Gasteiger partial charge in [0, 0.05) is 31.2 Å². The molecule has 0 bridgehead atoms. The van der Waals surface area contributed by atoms with Crippen molar-refractivity contribution < 1.29 is 4.79 Å². The topological polar surface area (TPSA) is 42.0 Å². The zero-order valence-electron chi connectivity index (χ0n) is 10.4. The maximum Gasteiger partial charge on any atom is 0.216 e. The van der Waals surface area contributed by atoms with Gasteiger partial charge in [0.2, 0.25) is 5.91 Å². The van der Waals surface area contributed by atoms with Crippen molar-refractivity contribution in [2.24, 2.45) is 0 Å². The summed E-state index contributed by atoms with van der Waals surface area (Å²) >= 11 is 0. The zero-order chi connectivity index (χ0) is 12.8. The fourth-order valence-corrected chi connectivity index (χ4v) is 1.76. The van der Waals surface area contributed by atoms with E-state index < -0.39 is 0 Å². The molecule has 1 aromatic carbocycles. The predicted molar refractivity (Wildman–Crippen MR) is 74.1 cm³/mol. The number of carbonyl (C=O) groups excluding carboxylic acids is 1. The molecule has 0 fully saturated rings. The molecular weight excluding hydrogens is 224 g/mol. The number of rotatable bonds is 4. The van der Waals surface area contributed by atoms with Gasteiger partial charge in [-0.2, -0.15) is 0 Å². The quantitative estimate of drug-likeness (QED) is 0.835. The molecular formula is C15H16N2O. The summed E-state index contributed by atoms with van der Waals surface area (Å²) in [6.45, 7) is 2.21. The van der Waals surface area contributed by atoms with E-state index in [1.165, 1.54) is 12.3 Å². The fraction of sp³-hybridized carbons (Fsp3) is 0.200. The van der Waals surface area contributed by atoms with Gasteiger partial charge in [0.15, 0.2) is 0 Å². The molecule has 0 spiro atoms. The summed E-state index contributed by atoms with van der Waals surface area (Å²) in [5, 5.41) is 5.10. The lowest BCUT2D eigenvalue weighted by Crippen LogP contribution is -2.20. The first-order valence-corrected chi connectivity index (χ1v) is 6.00. The molecule has 0 aliphatic carbocycles. The second kappa shape index (κ2) is 5.96. The SMILES string of the molecule is CC(=O)NCCC=Cc1ccc2cnccc2c1. The van der Waals surface area contributed by atoms with Gasteiger partial charge in [-0.1, -0.05) is 24.3 Å². The molecule has 3 nitrogen and oxygen atoms in total. The summed E-state index contributed by atoms with van der Waals surface area (Å²) in [5.41, 5.74) is 1.16. The van der Waals surface area contributed by atoms with E-state index in [-0.39, 0.29) is 5.91 Å². The number of fused-ring (bicyclic) bond motifs is 1. The van der Waals surface area contributed by atoms with E-state index in [4.69, 9.17) is 0 Å². The smallest absolute Gasteiger partial charge is 0.216 e. The Morgan fingerprint density at radius 1 is 1.33 bits per heavy atom. The van der Waals surface area contributed by atoms with Gasteiger partial charge in [0.25, 0.3) is 0 Å². The number of hydrogen-bond donors (Lipinski definition) is 1. The maximum atomic E-state index is 10.7. The maximum absolute atomic E-state index is 10.7. The van der Waals surface area contributed by atoms with Crippen LogP contribution in [0, 0.1) is 0 Å². The minimum absolute atomic E-state index is 0.0154. The minimum atomic E-state index is 0.0154. The van der Waals surface area contributed by atoms with Crippen LogP contribution in [0.5, 0.6) is 0 Å². The number of nitrogens with one attached hydrogen (secondary N) is 1. The van der Waals surface area contributed by atoms with Crippen molar-refractivity contribution in [1.82, 2.24) is 10.3 Å². The molecule has 1 aromatic heterocycles. The van der Waals surface area contributed by atoms with Crippen LogP contribution in [-0.2, 0) is 4.79 Å². The van der Waals surface area contributed by atoms with E-state index in [0.29, 0.717) is 6.54 Å². The number of benzene rings is 1. The van der Waals surface area contributed by atoms with Crippen molar-refractivity contribution in [2.75, 3.05) is 6.54 Å². The molecule has 0 aliphatic rings. The van der Waals surface area contributed by atoms with Crippen molar-refractivity contribution in [1.29, 1.82) is 0 Å². The van der Waals surface area contributed by atoms with Crippen LogP contribution in [0.2, 0.25) is 0 Å². The minimum Gasteiger partial charge on any atom is -0.356 e. The number of aromatic nitrogens is 1. The second-order valence-electron chi connectivity index (χ2n) is 4.16. The number of amides is 1. The van der Waals surface area contributed by atoms with Crippen LogP contribution in [0.3, 0.4) is 0 Å². The van der Waals surface area contributed by atoms with Gasteiger partial charge in [0.1, 0.15) is 0 Å². The van der Waals surface area contributed by atoms with E-state index in [1.54, 1.807) is 6.20 Å². The van der Waals surface area contributed by atoms with Gasteiger partial charge in [0.05, 0.1) is 0 Å². The predicted octanol–water partition coefficient (Wildman–Crippen LogP) is 2.77. The van der Waals surface area contributed by atoms with Crippen LogP contribution < -0.4 is 5.32 Å². The Morgan fingerprint density at radius 2 is 2.22 bits per heavy atom. The Labute approximate surface area is 107 Å². The molecule has 1 heterocycles. The van der Waals surface area contributed by atoms with Crippen molar-refractivity contribution >= 4 is 22.8 Å². The molecule has 0 radical (unpaired) electrons. The molecule has 2 aromatic rings. The van der Waals surface area contributed by atoms with Gasteiger partial charge in [-0.3, -0.25) is 9.78 Å². The highest BCUT2D eigenvalue weighted by atomic mass is 16.1. The van der Waals surface area contributed by atoms with E-state index in [9.17, 15) is 4.79 Å². The average Bonchev–Trinajstić information content (AvgIpc) is 2.38. The molecule has 3 heteroatoms. The van der Waals surface area contributed by atoms with E-state index in [2.05, 4.69) is 40.7 Å². The third kappa shape index (κ3) is 3.42. The lowest BCUT2D eigenvalue weighted by Gasteiger charge is -1.99. The van der Waals surface area contributed by atoms with E-state index >= 15 is 0 Å². The Bertz CT molecular complexity index is 575. The average molecular weight is 240 g/mol. The van der Waals surface area contributed by atoms with Gasteiger partial charge in [-0.15, -0.1) is 0 Å². The first-order valence-electron chi connectivity index (χ1n) is 6.00. The van der Waals surface area contributed by atoms with E-state index in [1.807, 2.05) is 12.3 Å². The Hall–Kier alpha value is -2.16. The molecule has 0 unspecified atom stereocenters. The first kappa shape index (κ1) is 12.3. The molecule has 1 N–H and O–H groups in total. The van der Waals surface area contributed by atoms with Crippen LogP contribution in [-0.4, -0.2) is 17.4 Å². The molecule has 0 aliphatic heterocycles. The lowest BCUT2D eigenvalue weighted by molar-refractivity contribution is -0.118. The Kier molecular flexibility index (Phi) is 4.07. The van der Waals surface area contributed by atoms with Gasteiger partial charge in [-0.25, -0.2) is 0 Å². The van der Waals surface area contributed by atoms with Crippen LogP contribution in [0.4, 0.5) is 0 Å². The van der Waals surface area contributed by atoms with Crippen molar-refractivity contribution in [3.8, 4) is 0 Å². The monoisotopic (exact) mass is 240 g/mol. The third-order valence-corrected chi connectivity index (χ3v) is 2.66. The highest BCUT2D eigenvalue weighted by Crippen LogP contribution is 2.15. The third-order valence-electron chi connectivity index (χ3n) is 2.66. The molecule has 0 atom stereocenters. The second-order valence-corrected chi connectivity index (χ2v) is 4.16. The molecule has 1 amide bonds. The number of carbonyl (C=O) groups is 1. The number of nitrogens with zero attached hydrogens (tertiary/aromatic N) is 1. The molecule has 92 valence electrons. The number of pyridine rings is 1. The lowest BCUT2D eigenvalue weighted by atomic mass is 10.1. The highest BCUT2D eigenvalue weighted by molar-refractivity contribution is 5.83. The van der Waals surface area contributed by atoms with E-state index in [0.717, 1.165) is 17.4 Å². The summed E-state index contributed by atoms with van der Waals surface area (Å²) in [6, 6.07) is 8.27. The summed E-state index contributed by atoms with van der Waals surface area (Å²) in [4.78, 5) is 14.8. The molecule has 0 saturated carbocycles. The van der Waals surface area contributed by atoms with Crippen molar-refractivity contribution in [3.63, 3.8) is 0 Å². The Morgan fingerprint density at radius 3 is 3.06 bits per heavy atom. The summed E-state index contributed by atoms with van der Waals surface area (Å²) in [7, 11) is 0. The van der Waals surface area contributed by atoms with Crippen LogP contribution >= 0.6 is 0 Å². The summed E-state index contributed by atoms with van der Waals surface area (Å²) in [6.07, 6.45) is 8.64. The first-order chi connectivity index (χ1) is 8.75. The van der Waals surface area contributed by atoms with Crippen molar-refractivity contribution in [3.05, 3.63) is 48.3 Å². The summed E-state index contributed by atoms with van der Waals surface area (Å²) < 4.78 is 0. The highest BCUT2D eigenvalue weighted by Gasteiger charge is 1.93. The largest absolute Gasteiger partial charge is 0.356 e. The fourth-order valence-electron chi connectivity index (χ4n) is 1.76. The van der Waals surface area contributed by atoms with Crippen LogP contribution in [0.25, 0.3) is 16.8 Å². The van der Waals surface area contributed by atoms with Gasteiger partial charge >= 0.3 is 0 Å². The Balaban J connectivity index is 1.99. The van der Waals surface area contributed by atoms with Crippen molar-refractivity contribution in [2.45, 2.75) is 13.3 Å². The van der Waals surface area contributed by atoms with Gasteiger partial charge < -0.3 is 5.32 Å².